The van der Waals surface area contributed by atoms with Gasteiger partial charge in [0.25, 0.3) is 10.9 Å². The van der Waals surface area contributed by atoms with E-state index in [4.69, 9.17) is 10.2 Å². The molecule has 5 heteroatoms. The van der Waals surface area contributed by atoms with Crippen LogP contribution in [0.5, 0.6) is 11.5 Å². The molecule has 4 nitrogen and oxygen atoms in total. The third-order valence-electron chi connectivity index (χ3n) is 0.861. The molecule has 0 heterocycles. The standard InChI is InChI=1S/C4H2O4.Ca.2H/c5-1-2(6)4(8)3(1)7;;;/h5-6H;;;/q;+2;2*-1. The van der Waals surface area contributed by atoms with Crippen LogP contribution in [-0.4, -0.2) is 48.0 Å². The Morgan fingerprint density at radius 2 is 1.22 bits per heavy atom. The van der Waals surface area contributed by atoms with Crippen LogP contribution >= 0.6 is 0 Å². The van der Waals surface area contributed by atoms with Crippen molar-refractivity contribution in [2.45, 2.75) is 0 Å². The van der Waals surface area contributed by atoms with E-state index in [9.17, 15) is 9.59 Å². The van der Waals surface area contributed by atoms with Gasteiger partial charge in [0.15, 0.2) is 0 Å². The van der Waals surface area contributed by atoms with Gasteiger partial charge < -0.3 is 13.1 Å². The Morgan fingerprint density at radius 1 is 1.00 bits per heavy atom. The van der Waals surface area contributed by atoms with Crippen molar-refractivity contribution in [1.82, 2.24) is 0 Å². The summed E-state index contributed by atoms with van der Waals surface area (Å²) in [5.41, 5.74) is -2.02. The molecule has 0 aromatic heterocycles. The van der Waals surface area contributed by atoms with E-state index in [2.05, 4.69) is 0 Å². The molecule has 1 aromatic carbocycles. The molecular formula is C4H4CaO4. The molecule has 0 saturated carbocycles. The molecule has 0 aliphatic carbocycles. The van der Waals surface area contributed by atoms with Crippen molar-refractivity contribution in [3.8, 4) is 11.5 Å². The Hall–Kier alpha value is -0.0603. The van der Waals surface area contributed by atoms with Gasteiger partial charge >= 0.3 is 37.7 Å². The molecule has 0 radical (unpaired) electrons. The van der Waals surface area contributed by atoms with Crippen molar-refractivity contribution in [2.24, 2.45) is 0 Å². The van der Waals surface area contributed by atoms with E-state index >= 15 is 0 Å². The van der Waals surface area contributed by atoms with Gasteiger partial charge in [0.05, 0.1) is 0 Å². The fourth-order valence-electron chi connectivity index (χ4n) is 0.368. The second-order valence-corrected chi connectivity index (χ2v) is 1.36. The second-order valence-electron chi connectivity index (χ2n) is 1.36. The second kappa shape index (κ2) is 2.68. The molecule has 0 aliphatic heterocycles. The van der Waals surface area contributed by atoms with Crippen LogP contribution in [0.4, 0.5) is 0 Å². The van der Waals surface area contributed by atoms with Crippen molar-refractivity contribution in [2.75, 3.05) is 0 Å². The quantitative estimate of drug-likeness (QED) is 0.355. The zero-order chi connectivity index (χ0) is 6.31. The first-order chi connectivity index (χ1) is 3.64. The molecule has 46 valence electrons. The fourth-order valence-corrected chi connectivity index (χ4v) is 0.368. The predicted molar refractivity (Wildman–Crippen MR) is 32.7 cm³/mol. The zero-order valence-electron chi connectivity index (χ0n) is 6.42. The van der Waals surface area contributed by atoms with Gasteiger partial charge in [-0.25, -0.2) is 0 Å². The summed E-state index contributed by atoms with van der Waals surface area (Å²) in [7, 11) is 0. The van der Waals surface area contributed by atoms with Gasteiger partial charge in [-0.1, -0.05) is 0 Å². The van der Waals surface area contributed by atoms with E-state index in [0.29, 0.717) is 0 Å². The zero-order valence-corrected chi connectivity index (χ0v) is 6.63. The summed E-state index contributed by atoms with van der Waals surface area (Å²) in [5, 5.41) is 16.4. The van der Waals surface area contributed by atoms with Crippen LogP contribution < -0.4 is 10.9 Å². The van der Waals surface area contributed by atoms with Crippen molar-refractivity contribution in [3.63, 3.8) is 0 Å². The summed E-state index contributed by atoms with van der Waals surface area (Å²) in [6.07, 6.45) is 0. The Morgan fingerprint density at radius 3 is 1.33 bits per heavy atom. The third-order valence-corrected chi connectivity index (χ3v) is 0.861. The van der Waals surface area contributed by atoms with Crippen LogP contribution in [0.2, 0.25) is 0 Å². The summed E-state index contributed by atoms with van der Waals surface area (Å²) < 4.78 is 0. The molecule has 0 aliphatic rings. The van der Waals surface area contributed by atoms with Crippen LogP contribution in [-0.2, 0) is 0 Å². The largest absolute Gasteiger partial charge is 2.00 e. The monoisotopic (exact) mass is 156 g/mol. The average Bonchev–Trinajstić information content (AvgIpc) is 1.83. The molecule has 1 rings (SSSR count). The van der Waals surface area contributed by atoms with Crippen LogP contribution in [0.3, 0.4) is 0 Å². The van der Waals surface area contributed by atoms with E-state index in [1.54, 1.807) is 0 Å². The van der Waals surface area contributed by atoms with E-state index in [1.807, 2.05) is 0 Å². The van der Waals surface area contributed by atoms with Gasteiger partial charge in [0.2, 0.25) is 11.5 Å². The summed E-state index contributed by atoms with van der Waals surface area (Å²) in [6.45, 7) is 0. The maximum atomic E-state index is 9.95. The predicted octanol–water partition coefficient (Wildman–Crippen LogP) is -1.46. The molecule has 0 fully saturated rings. The van der Waals surface area contributed by atoms with Gasteiger partial charge in [-0.3, -0.25) is 9.59 Å². The number of aromatic hydroxyl groups is 2. The van der Waals surface area contributed by atoms with E-state index in [-0.39, 0.29) is 40.6 Å². The Kier molecular flexibility index (Phi) is 2.66. The molecule has 0 unspecified atom stereocenters. The van der Waals surface area contributed by atoms with Crippen LogP contribution in [0.1, 0.15) is 2.85 Å². The SMILES string of the molecule is O=c1c(O)c(O)c1=O.[Ca+2].[H-].[H-]. The Labute approximate surface area is 82.4 Å². The Bertz CT molecular complexity index is 260. The van der Waals surface area contributed by atoms with E-state index < -0.39 is 22.4 Å². The van der Waals surface area contributed by atoms with Crippen molar-refractivity contribution >= 4 is 37.7 Å². The molecule has 0 spiro atoms. The summed E-state index contributed by atoms with van der Waals surface area (Å²) in [5.74, 6) is -1.65. The maximum Gasteiger partial charge on any atom is 2.00 e. The average molecular weight is 156 g/mol. The van der Waals surface area contributed by atoms with Gasteiger partial charge in [0, 0.05) is 0 Å². The molecule has 2 N–H and O–H groups in total. The maximum absolute atomic E-state index is 9.95. The Balaban J connectivity index is -0.000000213. The number of rotatable bonds is 0. The molecule has 0 saturated heterocycles. The molecule has 1 aromatic rings. The topological polar surface area (TPSA) is 74.6 Å². The third kappa shape index (κ3) is 1.10. The van der Waals surface area contributed by atoms with E-state index in [0.717, 1.165) is 0 Å². The molecule has 0 atom stereocenters. The molecule has 0 amide bonds. The van der Waals surface area contributed by atoms with Gasteiger partial charge in [-0.2, -0.15) is 0 Å². The van der Waals surface area contributed by atoms with Crippen LogP contribution in [0, 0.1) is 0 Å². The van der Waals surface area contributed by atoms with Crippen LogP contribution in [0.15, 0.2) is 9.59 Å². The summed E-state index contributed by atoms with van der Waals surface area (Å²) in [6, 6.07) is 0. The molecule has 9 heavy (non-hydrogen) atoms. The molecule has 0 bridgehead atoms. The smallest absolute Gasteiger partial charge is 1.00 e. The minimum atomic E-state index is -1.01. The van der Waals surface area contributed by atoms with Crippen LogP contribution in [0.25, 0.3) is 0 Å². The van der Waals surface area contributed by atoms with Gasteiger partial charge in [-0.05, 0) is 0 Å². The minimum Gasteiger partial charge on any atom is -1.00 e. The first-order valence-electron chi connectivity index (χ1n) is 1.86. The number of hydrogen-bond donors (Lipinski definition) is 2. The van der Waals surface area contributed by atoms with E-state index in [1.165, 1.54) is 0 Å². The summed E-state index contributed by atoms with van der Waals surface area (Å²) in [4.78, 5) is 19.9. The van der Waals surface area contributed by atoms with Crippen molar-refractivity contribution in [3.05, 3.63) is 20.4 Å². The molecular weight excluding hydrogens is 152 g/mol. The van der Waals surface area contributed by atoms with Crippen molar-refractivity contribution in [1.29, 1.82) is 0 Å². The first-order valence-corrected chi connectivity index (χ1v) is 1.86. The van der Waals surface area contributed by atoms with Crippen molar-refractivity contribution < 1.29 is 13.1 Å². The first kappa shape index (κ1) is 8.94. The van der Waals surface area contributed by atoms with Gasteiger partial charge in [0.1, 0.15) is 0 Å². The minimum absolute atomic E-state index is 0. The van der Waals surface area contributed by atoms with Gasteiger partial charge in [-0.15, -0.1) is 0 Å². The summed E-state index contributed by atoms with van der Waals surface area (Å²) >= 11 is 0. The number of hydrogen-bond acceptors (Lipinski definition) is 4. The fraction of sp³-hybridized carbons (Fsp3) is 0. The normalized spacial score (nSPS) is 8.89.